The van der Waals surface area contributed by atoms with E-state index >= 15 is 0 Å². The van der Waals surface area contributed by atoms with Crippen molar-refractivity contribution in [1.29, 1.82) is 0 Å². The van der Waals surface area contributed by atoms with Gasteiger partial charge >= 0.3 is 0 Å². The summed E-state index contributed by atoms with van der Waals surface area (Å²) in [6.45, 7) is 4.32. The molecule has 5 aromatic carbocycles. The van der Waals surface area contributed by atoms with Gasteiger partial charge in [-0.2, -0.15) is 0 Å². The quantitative estimate of drug-likeness (QED) is 0.182. The van der Waals surface area contributed by atoms with Crippen LogP contribution in [0.15, 0.2) is 112 Å². The average Bonchev–Trinajstić information content (AvgIpc) is 3.62. The fourth-order valence-corrected chi connectivity index (χ4v) is 5.77. The van der Waals surface area contributed by atoms with Crippen molar-refractivity contribution in [2.24, 2.45) is 0 Å². The zero-order valence-electron chi connectivity index (χ0n) is 23.4. The molecule has 0 aliphatic heterocycles. The number of rotatable bonds is 4. The molecule has 3 aromatic heterocycles. The molecule has 0 bridgehead atoms. The monoisotopic (exact) mass is 740 g/mol. The Balaban J connectivity index is 0.00000300. The minimum absolute atomic E-state index is 0. The number of phenolic OH excluding ortho intramolecular Hbond substituents is 1. The fraction of sp³-hybridized carbons (Fsp3) is 0.0811. The maximum absolute atomic E-state index is 10.5. The van der Waals surface area contributed by atoms with Crippen molar-refractivity contribution in [2.75, 3.05) is 0 Å². The number of hydrogen-bond donors (Lipinski definition) is 1. The molecular weight excluding hydrogens is 715 g/mol. The second kappa shape index (κ2) is 10.5. The summed E-state index contributed by atoms with van der Waals surface area (Å²) in [4.78, 5) is 9.65. The van der Waals surface area contributed by atoms with Crippen LogP contribution in [-0.2, 0) is 21.1 Å². The van der Waals surface area contributed by atoms with Crippen molar-refractivity contribution < 1.29 is 35.0 Å². The Hall–Kier alpha value is -4.73. The Morgan fingerprint density at radius 3 is 2.23 bits per heavy atom. The largest absolute Gasteiger partial charge is 0.507 e. The molecule has 0 spiro atoms. The smallest absolute Gasteiger partial charge is 0.230 e. The number of para-hydroxylation sites is 2. The first kappa shape index (κ1) is 27.1. The van der Waals surface area contributed by atoms with Gasteiger partial charge in [0.2, 0.25) is 5.89 Å². The molecule has 43 heavy (non-hydrogen) atoms. The molecule has 0 fully saturated rings. The van der Waals surface area contributed by atoms with Crippen LogP contribution in [0.4, 0.5) is 0 Å². The van der Waals surface area contributed by atoms with Gasteiger partial charge in [0.05, 0.1) is 11.1 Å². The van der Waals surface area contributed by atoms with Gasteiger partial charge in [-0.15, -0.1) is 35.4 Å². The summed E-state index contributed by atoms with van der Waals surface area (Å²) >= 11 is 0. The van der Waals surface area contributed by atoms with E-state index in [1.165, 1.54) is 0 Å². The Kier molecular flexibility index (Phi) is 6.63. The van der Waals surface area contributed by atoms with Crippen molar-refractivity contribution >= 4 is 43.9 Å². The number of aromatic hydroxyl groups is 1. The Labute approximate surface area is 262 Å². The number of phenols is 1. The van der Waals surface area contributed by atoms with Crippen molar-refractivity contribution in [1.82, 2.24) is 9.97 Å². The van der Waals surface area contributed by atoms with E-state index in [0.29, 0.717) is 17.0 Å². The summed E-state index contributed by atoms with van der Waals surface area (Å²) in [5.74, 6) is 0.790. The number of fused-ring (bicyclic) bond motifs is 6. The Morgan fingerprint density at radius 2 is 1.42 bits per heavy atom. The van der Waals surface area contributed by atoms with E-state index in [0.717, 1.165) is 66.2 Å². The van der Waals surface area contributed by atoms with Crippen LogP contribution in [0.2, 0.25) is 0 Å². The predicted molar refractivity (Wildman–Crippen MR) is 167 cm³/mol. The summed E-state index contributed by atoms with van der Waals surface area (Å²) in [7, 11) is 0. The number of furan rings is 1. The van der Waals surface area contributed by atoms with Crippen molar-refractivity contribution in [2.45, 2.75) is 19.8 Å². The average molecular weight is 741 g/mol. The number of oxazole rings is 1. The van der Waals surface area contributed by atoms with E-state index < -0.39 is 0 Å². The number of aromatic nitrogens is 2. The van der Waals surface area contributed by atoms with Gasteiger partial charge in [0, 0.05) is 48.9 Å². The normalized spacial score (nSPS) is 11.6. The van der Waals surface area contributed by atoms with Crippen molar-refractivity contribution in [3.8, 4) is 39.5 Å². The summed E-state index contributed by atoms with van der Waals surface area (Å²) in [6.07, 6.45) is 1.82. The molecule has 0 aliphatic rings. The second-order valence-corrected chi connectivity index (χ2v) is 10.9. The first-order chi connectivity index (χ1) is 20.5. The predicted octanol–water partition coefficient (Wildman–Crippen LogP) is 9.90. The molecule has 5 nitrogen and oxygen atoms in total. The van der Waals surface area contributed by atoms with Crippen molar-refractivity contribution in [3.05, 3.63) is 115 Å². The molecule has 8 aromatic rings. The van der Waals surface area contributed by atoms with E-state index in [2.05, 4.69) is 56.3 Å². The van der Waals surface area contributed by atoms with Gasteiger partial charge in [-0.1, -0.05) is 67.4 Å². The Bertz CT molecular complexity index is 2320. The first-order valence-corrected chi connectivity index (χ1v) is 14.0. The fourth-order valence-electron chi connectivity index (χ4n) is 5.77. The van der Waals surface area contributed by atoms with E-state index in [9.17, 15) is 5.11 Å². The van der Waals surface area contributed by atoms with Crippen LogP contribution in [0.5, 0.6) is 5.75 Å². The SMILES string of the molecule is CC(C)c1cc(-c2[c-]c(-c3cc4c5ccccc5oc4c4cccnc34)ccc2)c2nc(-c3ccccc3O)oc2c1.[Pt]. The van der Waals surface area contributed by atoms with E-state index in [-0.39, 0.29) is 32.7 Å². The van der Waals surface area contributed by atoms with Gasteiger partial charge in [0.15, 0.2) is 0 Å². The zero-order chi connectivity index (χ0) is 28.4. The topological polar surface area (TPSA) is 72.3 Å². The minimum atomic E-state index is 0. The standard InChI is InChI=1S/C37H25N2O3.Pt/c1-21(2)24-18-28(35-33(19-24)42-37(39-35)26-12-3-5-14-31(26)40)22-9-7-10-23(17-22)29-20-30-25-11-4-6-15-32(25)41-36(30)27-13-8-16-38-34(27)29;/h3-16,18-21,40H,1-2H3;/q-1;. The zero-order valence-corrected chi connectivity index (χ0v) is 25.6. The van der Waals surface area contributed by atoms with Crippen LogP contribution < -0.4 is 0 Å². The van der Waals surface area contributed by atoms with Crippen LogP contribution in [0.3, 0.4) is 0 Å². The molecule has 3 heterocycles. The molecule has 0 radical (unpaired) electrons. The molecule has 0 amide bonds. The molecule has 6 heteroatoms. The van der Waals surface area contributed by atoms with Gasteiger partial charge in [-0.25, -0.2) is 4.98 Å². The van der Waals surface area contributed by atoms with Crippen LogP contribution in [0, 0.1) is 6.07 Å². The maximum atomic E-state index is 10.5. The number of nitrogens with zero attached hydrogens (tertiary/aromatic N) is 2. The van der Waals surface area contributed by atoms with Gasteiger partial charge < -0.3 is 13.9 Å². The molecule has 0 unspecified atom stereocenters. The Morgan fingerprint density at radius 1 is 0.674 bits per heavy atom. The summed E-state index contributed by atoms with van der Waals surface area (Å²) in [5.41, 5.74) is 9.38. The van der Waals surface area contributed by atoms with E-state index in [4.69, 9.17) is 18.8 Å². The summed E-state index contributed by atoms with van der Waals surface area (Å²) in [5, 5.41) is 13.6. The molecular formula is C37H25N2O3Pt-. The summed E-state index contributed by atoms with van der Waals surface area (Å²) < 4.78 is 12.5. The second-order valence-electron chi connectivity index (χ2n) is 10.9. The maximum Gasteiger partial charge on any atom is 0.230 e. The molecule has 0 aliphatic carbocycles. The molecule has 1 N–H and O–H groups in total. The van der Waals surface area contributed by atoms with Gasteiger partial charge in [-0.3, -0.25) is 4.98 Å². The number of hydrogen-bond acceptors (Lipinski definition) is 5. The third-order valence-electron chi connectivity index (χ3n) is 7.92. The summed E-state index contributed by atoms with van der Waals surface area (Å²) in [6, 6.07) is 35.5. The van der Waals surface area contributed by atoms with Crippen LogP contribution in [0.25, 0.3) is 77.6 Å². The molecule has 212 valence electrons. The van der Waals surface area contributed by atoms with Gasteiger partial charge in [0.25, 0.3) is 0 Å². The molecule has 8 rings (SSSR count). The minimum Gasteiger partial charge on any atom is -0.507 e. The molecule has 0 saturated heterocycles. The first-order valence-electron chi connectivity index (χ1n) is 14.0. The van der Waals surface area contributed by atoms with Crippen LogP contribution in [0.1, 0.15) is 25.3 Å². The van der Waals surface area contributed by atoms with Crippen molar-refractivity contribution in [3.63, 3.8) is 0 Å². The van der Waals surface area contributed by atoms with Crippen LogP contribution in [-0.4, -0.2) is 15.1 Å². The molecule has 0 saturated carbocycles. The van der Waals surface area contributed by atoms with Crippen LogP contribution >= 0.6 is 0 Å². The number of benzene rings is 5. The van der Waals surface area contributed by atoms with E-state index in [1.807, 2.05) is 54.7 Å². The molecule has 0 atom stereocenters. The van der Waals surface area contributed by atoms with Gasteiger partial charge in [0.1, 0.15) is 22.5 Å². The third kappa shape index (κ3) is 4.43. The third-order valence-corrected chi connectivity index (χ3v) is 7.92. The van der Waals surface area contributed by atoms with E-state index in [1.54, 1.807) is 12.1 Å². The number of pyridine rings is 1. The van der Waals surface area contributed by atoms with Gasteiger partial charge in [-0.05, 0) is 47.9 Å².